The van der Waals surface area contributed by atoms with Gasteiger partial charge in [0.25, 0.3) is 0 Å². The zero-order valence-corrected chi connectivity index (χ0v) is 8.67. The monoisotopic (exact) mass is 199 g/mol. The van der Waals surface area contributed by atoms with Crippen molar-refractivity contribution in [3.63, 3.8) is 0 Å². The van der Waals surface area contributed by atoms with Crippen molar-refractivity contribution in [2.24, 2.45) is 0 Å². The van der Waals surface area contributed by atoms with Crippen molar-refractivity contribution in [2.45, 2.75) is 18.0 Å². The molecule has 13 heavy (non-hydrogen) atoms. The van der Waals surface area contributed by atoms with E-state index in [1.807, 2.05) is 6.26 Å². The van der Waals surface area contributed by atoms with E-state index in [4.69, 9.17) is 4.74 Å². The summed E-state index contributed by atoms with van der Waals surface area (Å²) in [6.07, 6.45) is 5.31. The lowest BCUT2D eigenvalue weighted by atomic mass is 10.3. The molecule has 0 atom stereocenters. The molecule has 1 aromatic rings. The molecule has 1 aromatic heterocycles. The Kier molecular flexibility index (Phi) is 4.70. The molecule has 0 bridgehead atoms. The van der Waals surface area contributed by atoms with Crippen LogP contribution in [0, 0.1) is 0 Å². The molecule has 5 heteroatoms. The van der Waals surface area contributed by atoms with Gasteiger partial charge in [0.1, 0.15) is 12.2 Å². The topological polar surface area (TPSA) is 47.9 Å². The number of hydrogen-bond acceptors (Lipinski definition) is 5. The van der Waals surface area contributed by atoms with Gasteiger partial charge < -0.3 is 4.74 Å². The molecule has 0 spiro atoms. The standard InChI is InChI=1S/C8H13N3OS/c1-12-5-3-4-7-9-6-10-8(11-7)13-2/h6H,3-5H2,1-2H3. The van der Waals surface area contributed by atoms with Crippen molar-refractivity contribution < 1.29 is 4.74 Å². The van der Waals surface area contributed by atoms with Crippen LogP contribution in [0.4, 0.5) is 0 Å². The van der Waals surface area contributed by atoms with Crippen LogP contribution in [0.15, 0.2) is 11.5 Å². The fourth-order valence-corrected chi connectivity index (χ4v) is 1.26. The summed E-state index contributed by atoms with van der Waals surface area (Å²) in [5, 5.41) is 0.780. The molecule has 0 aromatic carbocycles. The molecule has 72 valence electrons. The Bertz CT molecular complexity index is 257. The average Bonchev–Trinajstić information content (AvgIpc) is 2.19. The summed E-state index contributed by atoms with van der Waals surface area (Å²) >= 11 is 1.53. The summed E-state index contributed by atoms with van der Waals surface area (Å²) in [6, 6.07) is 0. The summed E-state index contributed by atoms with van der Waals surface area (Å²) in [4.78, 5) is 12.3. The number of nitrogens with zero attached hydrogens (tertiary/aromatic N) is 3. The van der Waals surface area contributed by atoms with Gasteiger partial charge in [-0.2, -0.15) is 0 Å². The highest BCUT2D eigenvalue weighted by Gasteiger charge is 1.98. The van der Waals surface area contributed by atoms with Gasteiger partial charge in [-0.25, -0.2) is 15.0 Å². The summed E-state index contributed by atoms with van der Waals surface area (Å²) in [5.74, 6) is 0.844. The van der Waals surface area contributed by atoms with E-state index >= 15 is 0 Å². The predicted molar refractivity (Wildman–Crippen MR) is 51.8 cm³/mol. The van der Waals surface area contributed by atoms with Crippen molar-refractivity contribution in [3.05, 3.63) is 12.2 Å². The number of aromatic nitrogens is 3. The summed E-state index contributed by atoms with van der Waals surface area (Å²) in [5.41, 5.74) is 0. The molecular weight excluding hydrogens is 186 g/mol. The Labute approximate surface area is 82.2 Å². The first-order valence-electron chi connectivity index (χ1n) is 4.07. The summed E-state index contributed by atoms with van der Waals surface area (Å²) in [7, 11) is 1.70. The van der Waals surface area contributed by atoms with Gasteiger partial charge in [0.05, 0.1) is 0 Å². The maximum atomic E-state index is 4.94. The van der Waals surface area contributed by atoms with Gasteiger partial charge in [0.2, 0.25) is 0 Å². The fourth-order valence-electron chi connectivity index (χ4n) is 0.906. The molecule has 0 unspecified atom stereocenters. The number of methoxy groups -OCH3 is 1. The second kappa shape index (κ2) is 5.88. The van der Waals surface area contributed by atoms with Crippen LogP contribution in [-0.4, -0.2) is 34.9 Å². The first-order valence-corrected chi connectivity index (χ1v) is 5.30. The molecule has 0 aliphatic heterocycles. The van der Waals surface area contributed by atoms with E-state index in [0.29, 0.717) is 0 Å². The Balaban J connectivity index is 2.46. The Morgan fingerprint density at radius 3 is 3.00 bits per heavy atom. The molecule has 0 N–H and O–H groups in total. The lowest BCUT2D eigenvalue weighted by Gasteiger charge is -1.99. The molecule has 0 fully saturated rings. The maximum absolute atomic E-state index is 4.94. The van der Waals surface area contributed by atoms with Crippen molar-refractivity contribution in [3.8, 4) is 0 Å². The Morgan fingerprint density at radius 1 is 1.46 bits per heavy atom. The van der Waals surface area contributed by atoms with Gasteiger partial charge in [0, 0.05) is 20.1 Å². The third kappa shape index (κ3) is 3.69. The molecule has 0 radical (unpaired) electrons. The smallest absolute Gasteiger partial charge is 0.190 e. The third-order valence-corrected chi connectivity index (χ3v) is 2.09. The number of hydrogen-bond donors (Lipinski definition) is 0. The maximum Gasteiger partial charge on any atom is 0.190 e. The van der Waals surface area contributed by atoms with E-state index in [9.17, 15) is 0 Å². The zero-order chi connectivity index (χ0) is 9.52. The molecule has 0 aliphatic rings. The second-order valence-corrected chi connectivity index (χ2v) is 3.26. The molecule has 0 amide bonds. The van der Waals surface area contributed by atoms with Gasteiger partial charge in [-0.05, 0) is 12.7 Å². The van der Waals surface area contributed by atoms with Crippen LogP contribution in [0.5, 0.6) is 0 Å². The highest BCUT2D eigenvalue weighted by atomic mass is 32.2. The van der Waals surface area contributed by atoms with Gasteiger partial charge in [-0.1, -0.05) is 11.8 Å². The fraction of sp³-hybridized carbons (Fsp3) is 0.625. The molecule has 0 saturated carbocycles. The van der Waals surface area contributed by atoms with Gasteiger partial charge in [-0.15, -0.1) is 0 Å². The zero-order valence-electron chi connectivity index (χ0n) is 7.86. The van der Waals surface area contributed by atoms with Crippen LogP contribution >= 0.6 is 11.8 Å². The van der Waals surface area contributed by atoms with Crippen molar-refractivity contribution >= 4 is 11.8 Å². The highest BCUT2D eigenvalue weighted by molar-refractivity contribution is 7.98. The van der Waals surface area contributed by atoms with E-state index < -0.39 is 0 Å². The number of rotatable bonds is 5. The predicted octanol–water partition coefficient (Wildman–Crippen LogP) is 1.17. The van der Waals surface area contributed by atoms with E-state index in [-0.39, 0.29) is 0 Å². The second-order valence-electron chi connectivity index (χ2n) is 2.48. The van der Waals surface area contributed by atoms with E-state index in [1.54, 1.807) is 13.4 Å². The van der Waals surface area contributed by atoms with Gasteiger partial charge >= 0.3 is 0 Å². The molecular formula is C8H13N3OS. The van der Waals surface area contributed by atoms with Crippen LogP contribution in [0.2, 0.25) is 0 Å². The lowest BCUT2D eigenvalue weighted by Crippen LogP contribution is -2.00. The Hall–Kier alpha value is -0.680. The van der Waals surface area contributed by atoms with Crippen LogP contribution in [-0.2, 0) is 11.2 Å². The first kappa shape index (κ1) is 10.4. The molecule has 4 nitrogen and oxygen atoms in total. The quantitative estimate of drug-likeness (QED) is 0.526. The van der Waals surface area contributed by atoms with Crippen LogP contribution in [0.25, 0.3) is 0 Å². The first-order chi connectivity index (χ1) is 6.36. The van der Waals surface area contributed by atoms with Crippen molar-refractivity contribution in [1.82, 2.24) is 15.0 Å². The third-order valence-electron chi connectivity index (χ3n) is 1.53. The summed E-state index contributed by atoms with van der Waals surface area (Å²) in [6.45, 7) is 0.750. The minimum Gasteiger partial charge on any atom is -0.385 e. The van der Waals surface area contributed by atoms with Crippen LogP contribution in [0.3, 0.4) is 0 Å². The largest absolute Gasteiger partial charge is 0.385 e. The van der Waals surface area contributed by atoms with Gasteiger partial charge in [0.15, 0.2) is 5.16 Å². The van der Waals surface area contributed by atoms with E-state index in [1.165, 1.54) is 11.8 Å². The van der Waals surface area contributed by atoms with E-state index in [0.717, 1.165) is 30.4 Å². The lowest BCUT2D eigenvalue weighted by molar-refractivity contribution is 0.194. The highest BCUT2D eigenvalue weighted by Crippen LogP contribution is 2.06. The molecule has 1 rings (SSSR count). The number of ether oxygens (including phenoxy) is 1. The van der Waals surface area contributed by atoms with Gasteiger partial charge in [-0.3, -0.25) is 0 Å². The minimum atomic E-state index is 0.750. The van der Waals surface area contributed by atoms with Crippen LogP contribution < -0.4 is 0 Å². The Morgan fingerprint density at radius 2 is 2.31 bits per heavy atom. The normalized spacial score (nSPS) is 10.3. The molecule has 1 heterocycles. The van der Waals surface area contributed by atoms with E-state index in [2.05, 4.69) is 15.0 Å². The molecule has 0 saturated heterocycles. The van der Waals surface area contributed by atoms with Crippen molar-refractivity contribution in [1.29, 1.82) is 0 Å². The molecule has 0 aliphatic carbocycles. The van der Waals surface area contributed by atoms with Crippen LogP contribution in [0.1, 0.15) is 12.2 Å². The number of thioether (sulfide) groups is 1. The SMILES string of the molecule is COCCCc1ncnc(SC)n1. The number of aryl methyl sites for hydroxylation is 1. The van der Waals surface area contributed by atoms with Crippen molar-refractivity contribution in [2.75, 3.05) is 20.0 Å². The average molecular weight is 199 g/mol. The summed E-state index contributed by atoms with van der Waals surface area (Å²) < 4.78 is 4.94. The minimum absolute atomic E-state index is 0.750.